The smallest absolute Gasteiger partial charge is 0.316 e. The van der Waals surface area contributed by atoms with Crippen molar-refractivity contribution in [3.8, 4) is 6.07 Å². The Balaban J connectivity index is 2.01. The third-order valence-electron chi connectivity index (χ3n) is 3.95. The molecule has 0 saturated heterocycles. The summed E-state index contributed by atoms with van der Waals surface area (Å²) in [6.45, 7) is 2.83. The summed E-state index contributed by atoms with van der Waals surface area (Å²) in [4.78, 5) is 34.5. The molecule has 1 N–H and O–H groups in total. The highest BCUT2D eigenvalue weighted by Crippen LogP contribution is 2.25. The number of carbonyl (C=O) groups is 2. The molecule has 0 fully saturated rings. The molecular formula is C19H17N3O5. The number of nitriles is 1. The second kappa shape index (κ2) is 8.10. The van der Waals surface area contributed by atoms with Crippen LogP contribution in [-0.2, 0) is 19.7 Å². The number of hydrogen-bond donors (Lipinski definition) is 1. The highest BCUT2D eigenvalue weighted by atomic mass is 16.6. The van der Waals surface area contributed by atoms with Gasteiger partial charge in [-0.15, -0.1) is 0 Å². The van der Waals surface area contributed by atoms with E-state index in [0.717, 1.165) is 11.6 Å². The standard InChI is InChI=1S/C19H17N3O5/c1-19(2,14-6-4-3-5-7-14)18(24)27-12-17(23)21-16-9-8-15(22(25)26)10-13(16)11-20/h3-10H,12H2,1-2H3,(H,21,23). The normalized spacial score (nSPS) is 10.6. The Morgan fingerprint density at radius 2 is 1.89 bits per heavy atom. The molecular weight excluding hydrogens is 350 g/mol. The number of nitrogens with one attached hydrogen (secondary N) is 1. The van der Waals surface area contributed by atoms with Gasteiger partial charge in [0.1, 0.15) is 6.07 Å². The summed E-state index contributed by atoms with van der Waals surface area (Å²) < 4.78 is 5.09. The van der Waals surface area contributed by atoms with Crippen LogP contribution >= 0.6 is 0 Å². The number of hydrogen-bond acceptors (Lipinski definition) is 6. The van der Waals surface area contributed by atoms with Crippen molar-refractivity contribution in [1.29, 1.82) is 5.26 Å². The molecule has 0 aliphatic rings. The van der Waals surface area contributed by atoms with Gasteiger partial charge in [-0.2, -0.15) is 5.26 Å². The van der Waals surface area contributed by atoms with Gasteiger partial charge in [0.05, 0.1) is 21.6 Å². The van der Waals surface area contributed by atoms with Crippen LogP contribution in [0.5, 0.6) is 0 Å². The third kappa shape index (κ3) is 4.67. The van der Waals surface area contributed by atoms with E-state index in [4.69, 9.17) is 10.00 Å². The highest BCUT2D eigenvalue weighted by Gasteiger charge is 2.31. The fourth-order valence-corrected chi connectivity index (χ4v) is 2.32. The molecule has 0 unspecified atom stereocenters. The average molecular weight is 367 g/mol. The van der Waals surface area contributed by atoms with Crippen molar-refractivity contribution in [2.45, 2.75) is 19.3 Å². The van der Waals surface area contributed by atoms with Gasteiger partial charge in [0.2, 0.25) is 0 Å². The third-order valence-corrected chi connectivity index (χ3v) is 3.95. The number of amides is 1. The van der Waals surface area contributed by atoms with Crippen molar-refractivity contribution in [2.75, 3.05) is 11.9 Å². The SMILES string of the molecule is CC(C)(C(=O)OCC(=O)Nc1ccc([N+](=O)[O-])cc1C#N)c1ccccc1. The summed E-state index contributed by atoms with van der Waals surface area (Å²) in [6, 6.07) is 14.3. The predicted octanol–water partition coefficient (Wildman–Crippen LogP) is 2.93. The molecule has 0 radical (unpaired) electrons. The van der Waals surface area contributed by atoms with Gasteiger partial charge in [-0.05, 0) is 25.5 Å². The lowest BCUT2D eigenvalue weighted by Crippen LogP contribution is -2.33. The molecule has 2 rings (SSSR count). The van der Waals surface area contributed by atoms with Crippen LogP contribution < -0.4 is 5.32 Å². The maximum absolute atomic E-state index is 12.3. The minimum absolute atomic E-state index is 0.0616. The summed E-state index contributed by atoms with van der Waals surface area (Å²) in [5, 5.41) is 22.2. The molecule has 0 aliphatic heterocycles. The molecule has 27 heavy (non-hydrogen) atoms. The fourth-order valence-electron chi connectivity index (χ4n) is 2.32. The monoisotopic (exact) mass is 367 g/mol. The van der Waals surface area contributed by atoms with Crippen molar-refractivity contribution in [3.05, 3.63) is 69.8 Å². The maximum Gasteiger partial charge on any atom is 0.316 e. The second-order valence-electron chi connectivity index (χ2n) is 6.21. The Bertz CT molecular complexity index is 917. The molecule has 0 heterocycles. The number of nitro benzene ring substituents is 1. The van der Waals surface area contributed by atoms with Crippen LogP contribution in [-0.4, -0.2) is 23.4 Å². The van der Waals surface area contributed by atoms with Crippen LogP contribution in [0.1, 0.15) is 25.0 Å². The summed E-state index contributed by atoms with van der Waals surface area (Å²) in [5.74, 6) is -1.23. The van der Waals surface area contributed by atoms with Crippen LogP contribution in [0.4, 0.5) is 11.4 Å². The van der Waals surface area contributed by atoms with Gasteiger partial charge in [0.25, 0.3) is 11.6 Å². The van der Waals surface area contributed by atoms with Crippen molar-refractivity contribution >= 4 is 23.3 Å². The van der Waals surface area contributed by atoms with Gasteiger partial charge in [0.15, 0.2) is 6.61 Å². The molecule has 8 heteroatoms. The number of nitro groups is 1. The van der Waals surface area contributed by atoms with E-state index in [2.05, 4.69) is 5.32 Å². The Kier molecular flexibility index (Phi) is 5.88. The van der Waals surface area contributed by atoms with Crippen LogP contribution in [0.15, 0.2) is 48.5 Å². The van der Waals surface area contributed by atoms with E-state index in [1.807, 2.05) is 6.07 Å². The zero-order valence-corrected chi connectivity index (χ0v) is 14.8. The molecule has 8 nitrogen and oxygen atoms in total. The molecule has 0 spiro atoms. The van der Waals surface area contributed by atoms with Crippen molar-refractivity contribution in [2.24, 2.45) is 0 Å². The summed E-state index contributed by atoms with van der Waals surface area (Å²) in [7, 11) is 0. The molecule has 0 atom stereocenters. The van der Waals surface area contributed by atoms with Gasteiger partial charge < -0.3 is 10.1 Å². The lowest BCUT2D eigenvalue weighted by atomic mass is 9.85. The van der Waals surface area contributed by atoms with Gasteiger partial charge in [-0.25, -0.2) is 0 Å². The van der Waals surface area contributed by atoms with Gasteiger partial charge >= 0.3 is 5.97 Å². The number of carbonyl (C=O) groups excluding carboxylic acids is 2. The van der Waals surface area contributed by atoms with E-state index < -0.39 is 28.8 Å². The van der Waals surface area contributed by atoms with Crippen LogP contribution in [0, 0.1) is 21.4 Å². The number of benzene rings is 2. The molecule has 0 aromatic heterocycles. The first-order valence-electron chi connectivity index (χ1n) is 7.97. The average Bonchev–Trinajstić information content (AvgIpc) is 2.66. The number of rotatable bonds is 6. The summed E-state index contributed by atoms with van der Waals surface area (Å²) >= 11 is 0. The minimum Gasteiger partial charge on any atom is -0.455 e. The molecule has 1 amide bonds. The molecule has 0 aliphatic carbocycles. The number of non-ortho nitro benzene ring substituents is 1. The predicted molar refractivity (Wildman–Crippen MR) is 96.9 cm³/mol. The van der Waals surface area contributed by atoms with E-state index >= 15 is 0 Å². The van der Waals surface area contributed by atoms with Crippen molar-refractivity contribution in [3.63, 3.8) is 0 Å². The second-order valence-corrected chi connectivity index (χ2v) is 6.21. The Hall–Kier alpha value is -3.73. The van der Waals surface area contributed by atoms with Crippen molar-refractivity contribution in [1.82, 2.24) is 0 Å². The molecule has 0 bridgehead atoms. The van der Waals surface area contributed by atoms with Gasteiger partial charge in [-0.1, -0.05) is 30.3 Å². The molecule has 2 aromatic carbocycles. The Labute approximate surface area is 155 Å². The summed E-state index contributed by atoms with van der Waals surface area (Å²) in [5.41, 5.74) is -0.412. The van der Waals surface area contributed by atoms with E-state index in [0.29, 0.717) is 0 Å². The topological polar surface area (TPSA) is 122 Å². The van der Waals surface area contributed by atoms with E-state index in [1.165, 1.54) is 12.1 Å². The highest BCUT2D eigenvalue weighted by molar-refractivity contribution is 5.95. The number of anilines is 1. The lowest BCUT2D eigenvalue weighted by Gasteiger charge is -2.22. The fraction of sp³-hybridized carbons (Fsp3) is 0.211. The van der Waals surface area contributed by atoms with E-state index in [1.54, 1.807) is 44.2 Å². The molecule has 138 valence electrons. The largest absolute Gasteiger partial charge is 0.455 e. The van der Waals surface area contributed by atoms with E-state index in [9.17, 15) is 19.7 Å². The van der Waals surface area contributed by atoms with Crippen molar-refractivity contribution < 1.29 is 19.2 Å². The number of nitrogens with zero attached hydrogens (tertiary/aromatic N) is 2. The first-order chi connectivity index (χ1) is 12.8. The summed E-state index contributed by atoms with van der Waals surface area (Å²) in [6.07, 6.45) is 0. The van der Waals surface area contributed by atoms with Crippen LogP contribution in [0.2, 0.25) is 0 Å². The first-order valence-corrected chi connectivity index (χ1v) is 7.97. The van der Waals surface area contributed by atoms with Gasteiger partial charge in [0, 0.05) is 12.1 Å². The molecule has 0 saturated carbocycles. The lowest BCUT2D eigenvalue weighted by molar-refractivity contribution is -0.384. The molecule has 2 aromatic rings. The zero-order valence-electron chi connectivity index (χ0n) is 14.8. The first kappa shape index (κ1) is 19.6. The van der Waals surface area contributed by atoms with Crippen LogP contribution in [0.25, 0.3) is 0 Å². The number of esters is 1. The Morgan fingerprint density at radius 3 is 2.48 bits per heavy atom. The van der Waals surface area contributed by atoms with Crippen LogP contribution in [0.3, 0.4) is 0 Å². The van der Waals surface area contributed by atoms with Gasteiger partial charge in [-0.3, -0.25) is 19.7 Å². The maximum atomic E-state index is 12.3. The zero-order chi connectivity index (χ0) is 20.0. The minimum atomic E-state index is -0.938. The Morgan fingerprint density at radius 1 is 1.22 bits per heavy atom. The van der Waals surface area contributed by atoms with E-state index in [-0.39, 0.29) is 16.9 Å². The number of ether oxygens (including phenoxy) is 1. The quantitative estimate of drug-likeness (QED) is 0.476.